The van der Waals surface area contributed by atoms with Gasteiger partial charge in [-0.15, -0.1) is 0 Å². The van der Waals surface area contributed by atoms with Crippen molar-refractivity contribution in [3.8, 4) is 17.2 Å². The number of ether oxygens (including phenoxy) is 3. The molecule has 0 unspecified atom stereocenters. The van der Waals surface area contributed by atoms with Gasteiger partial charge in [-0.25, -0.2) is 0 Å². The number of carbonyl (C=O) groups excluding carboxylic acids is 1. The number of carbonyl (C=O) groups is 1. The summed E-state index contributed by atoms with van der Waals surface area (Å²) in [5.41, 5.74) is 0.0674. The predicted octanol–water partition coefficient (Wildman–Crippen LogP) is 4.63. The van der Waals surface area contributed by atoms with Gasteiger partial charge in [-0.2, -0.15) is 8.78 Å². The Labute approximate surface area is 174 Å². The number of para-hydroxylation sites is 2. The Kier molecular flexibility index (Phi) is 6.65. The quantitative estimate of drug-likeness (QED) is 0.386. The number of furan rings is 1. The molecular weight excluding hydrogens is 418 g/mol. The molecule has 0 bridgehead atoms. The van der Waals surface area contributed by atoms with Crippen molar-refractivity contribution in [3.63, 3.8) is 0 Å². The molecule has 0 saturated heterocycles. The van der Waals surface area contributed by atoms with Crippen LogP contribution in [0.2, 0.25) is 0 Å². The van der Waals surface area contributed by atoms with Crippen molar-refractivity contribution in [3.05, 3.63) is 76.2 Å². The van der Waals surface area contributed by atoms with E-state index in [-0.39, 0.29) is 46.8 Å². The molecule has 2 aromatic carbocycles. The lowest BCUT2D eigenvalue weighted by molar-refractivity contribution is -0.386. The first-order valence-corrected chi connectivity index (χ1v) is 8.76. The van der Waals surface area contributed by atoms with Crippen LogP contribution in [0.15, 0.2) is 59.0 Å². The molecule has 0 atom stereocenters. The minimum Gasteiger partial charge on any atom is -0.493 e. The number of benzene rings is 2. The molecule has 0 fully saturated rings. The average molecular weight is 434 g/mol. The van der Waals surface area contributed by atoms with Crippen molar-refractivity contribution in [2.45, 2.75) is 13.2 Å². The minimum atomic E-state index is -3.02. The molecule has 0 radical (unpaired) electrons. The number of hydrogen-bond donors (Lipinski definition) is 1. The molecular formula is C20H16F2N2O7. The molecule has 0 saturated carbocycles. The molecule has 3 rings (SSSR count). The lowest BCUT2D eigenvalue weighted by Crippen LogP contribution is -2.11. The normalized spacial score (nSPS) is 10.6. The number of nitrogens with one attached hydrogen (secondary N) is 1. The number of nitro benzene ring substituents is 1. The zero-order chi connectivity index (χ0) is 22.4. The van der Waals surface area contributed by atoms with Gasteiger partial charge in [-0.1, -0.05) is 12.1 Å². The molecule has 11 heteroatoms. The van der Waals surface area contributed by atoms with E-state index in [0.717, 1.165) is 0 Å². The Bertz CT molecular complexity index is 1080. The molecule has 1 aromatic heterocycles. The first kappa shape index (κ1) is 21.6. The van der Waals surface area contributed by atoms with Crippen molar-refractivity contribution < 1.29 is 37.1 Å². The second-order valence-corrected chi connectivity index (χ2v) is 5.98. The van der Waals surface area contributed by atoms with Crippen molar-refractivity contribution >= 4 is 17.3 Å². The van der Waals surface area contributed by atoms with Gasteiger partial charge in [0, 0.05) is 17.8 Å². The number of halogens is 2. The van der Waals surface area contributed by atoms with E-state index in [1.54, 1.807) is 6.07 Å². The summed E-state index contributed by atoms with van der Waals surface area (Å²) in [5.74, 6) is -0.497. The van der Waals surface area contributed by atoms with E-state index in [1.165, 1.54) is 55.6 Å². The maximum Gasteiger partial charge on any atom is 0.387 e. The summed E-state index contributed by atoms with van der Waals surface area (Å²) < 4.78 is 44.9. The van der Waals surface area contributed by atoms with Crippen LogP contribution in [0.4, 0.5) is 20.2 Å². The minimum absolute atomic E-state index is 0.0103. The molecule has 162 valence electrons. The molecule has 0 aliphatic carbocycles. The summed E-state index contributed by atoms with van der Waals surface area (Å²) in [7, 11) is 1.27. The summed E-state index contributed by atoms with van der Waals surface area (Å²) in [6, 6.07) is 12.7. The number of rotatable bonds is 9. The Hall–Kier alpha value is -4.15. The van der Waals surface area contributed by atoms with Crippen LogP contribution in [0, 0.1) is 10.1 Å². The van der Waals surface area contributed by atoms with E-state index in [1.807, 2.05) is 0 Å². The van der Waals surface area contributed by atoms with E-state index in [9.17, 15) is 23.7 Å². The molecule has 0 spiro atoms. The van der Waals surface area contributed by atoms with Crippen LogP contribution in [0.25, 0.3) is 0 Å². The van der Waals surface area contributed by atoms with Gasteiger partial charge in [0.2, 0.25) is 0 Å². The number of nitrogens with zero attached hydrogens (tertiary/aromatic N) is 1. The molecule has 31 heavy (non-hydrogen) atoms. The second kappa shape index (κ2) is 9.57. The maximum atomic E-state index is 12.4. The van der Waals surface area contributed by atoms with Crippen molar-refractivity contribution in [2.75, 3.05) is 12.4 Å². The smallest absolute Gasteiger partial charge is 0.387 e. The Morgan fingerprint density at radius 1 is 1.13 bits per heavy atom. The van der Waals surface area contributed by atoms with Crippen LogP contribution in [-0.4, -0.2) is 24.6 Å². The molecule has 0 aliphatic rings. The standard InChI is InChI=1S/C20H16F2N2O7/c1-28-18-10-12(6-8-16(18)31-20(21)22)23-19(25)17-9-7-13(30-17)11-29-15-5-3-2-4-14(15)24(26)27/h2-10,20H,11H2,1H3,(H,23,25). The Balaban J connectivity index is 1.65. The monoisotopic (exact) mass is 434 g/mol. The van der Waals surface area contributed by atoms with E-state index in [2.05, 4.69) is 10.1 Å². The summed E-state index contributed by atoms with van der Waals surface area (Å²) in [6.07, 6.45) is 0. The van der Waals surface area contributed by atoms with Crippen LogP contribution in [0.3, 0.4) is 0 Å². The third kappa shape index (κ3) is 5.47. The SMILES string of the molecule is COc1cc(NC(=O)c2ccc(COc3ccccc3[N+](=O)[O-])o2)ccc1OC(F)F. The fourth-order valence-electron chi connectivity index (χ4n) is 2.59. The van der Waals surface area contributed by atoms with E-state index < -0.39 is 17.4 Å². The number of amides is 1. The van der Waals surface area contributed by atoms with Crippen LogP contribution in [0.1, 0.15) is 16.3 Å². The highest BCUT2D eigenvalue weighted by molar-refractivity contribution is 6.02. The zero-order valence-corrected chi connectivity index (χ0v) is 16.0. The van der Waals surface area contributed by atoms with Gasteiger partial charge < -0.3 is 23.9 Å². The second-order valence-electron chi connectivity index (χ2n) is 5.98. The highest BCUT2D eigenvalue weighted by atomic mass is 19.3. The summed E-state index contributed by atoms with van der Waals surface area (Å²) in [6.45, 7) is -3.15. The van der Waals surface area contributed by atoms with E-state index >= 15 is 0 Å². The fraction of sp³-hybridized carbons (Fsp3) is 0.150. The van der Waals surface area contributed by atoms with E-state index in [4.69, 9.17) is 13.9 Å². The Morgan fingerprint density at radius 3 is 2.61 bits per heavy atom. The number of alkyl halides is 2. The molecule has 1 amide bonds. The van der Waals surface area contributed by atoms with Crippen molar-refractivity contribution in [2.24, 2.45) is 0 Å². The lowest BCUT2D eigenvalue weighted by Gasteiger charge is -2.11. The maximum absolute atomic E-state index is 12.4. The summed E-state index contributed by atoms with van der Waals surface area (Å²) in [4.78, 5) is 22.8. The van der Waals surface area contributed by atoms with Crippen LogP contribution in [0.5, 0.6) is 17.2 Å². The topological polar surface area (TPSA) is 113 Å². The summed E-state index contributed by atoms with van der Waals surface area (Å²) in [5, 5.41) is 13.6. The molecule has 1 N–H and O–H groups in total. The highest BCUT2D eigenvalue weighted by Gasteiger charge is 2.17. The number of hydrogen-bond acceptors (Lipinski definition) is 7. The first-order chi connectivity index (χ1) is 14.9. The highest BCUT2D eigenvalue weighted by Crippen LogP contribution is 2.32. The molecule has 1 heterocycles. The van der Waals surface area contributed by atoms with Crippen LogP contribution >= 0.6 is 0 Å². The lowest BCUT2D eigenvalue weighted by atomic mass is 10.2. The molecule has 0 aliphatic heterocycles. The van der Waals surface area contributed by atoms with Gasteiger partial charge in [0.1, 0.15) is 12.4 Å². The number of anilines is 1. The van der Waals surface area contributed by atoms with Gasteiger partial charge in [-0.05, 0) is 30.3 Å². The van der Waals surface area contributed by atoms with Gasteiger partial charge >= 0.3 is 12.3 Å². The van der Waals surface area contributed by atoms with Gasteiger partial charge in [0.05, 0.1) is 12.0 Å². The van der Waals surface area contributed by atoms with Crippen LogP contribution in [-0.2, 0) is 6.61 Å². The first-order valence-electron chi connectivity index (χ1n) is 8.76. The van der Waals surface area contributed by atoms with Crippen molar-refractivity contribution in [1.29, 1.82) is 0 Å². The third-order valence-corrected chi connectivity index (χ3v) is 3.95. The van der Waals surface area contributed by atoms with Gasteiger partial charge in [0.15, 0.2) is 23.0 Å². The zero-order valence-electron chi connectivity index (χ0n) is 16.0. The predicted molar refractivity (Wildman–Crippen MR) is 104 cm³/mol. The van der Waals surface area contributed by atoms with Gasteiger partial charge in [0.25, 0.3) is 5.91 Å². The largest absolute Gasteiger partial charge is 0.493 e. The molecule has 3 aromatic rings. The van der Waals surface area contributed by atoms with E-state index in [0.29, 0.717) is 0 Å². The fourth-order valence-corrected chi connectivity index (χ4v) is 2.59. The number of methoxy groups -OCH3 is 1. The van der Waals surface area contributed by atoms with Gasteiger partial charge in [-0.3, -0.25) is 14.9 Å². The van der Waals surface area contributed by atoms with Crippen molar-refractivity contribution in [1.82, 2.24) is 0 Å². The Morgan fingerprint density at radius 2 is 1.90 bits per heavy atom. The van der Waals surface area contributed by atoms with Crippen LogP contribution < -0.4 is 19.5 Å². The average Bonchev–Trinajstić information content (AvgIpc) is 3.22. The third-order valence-electron chi connectivity index (χ3n) is 3.95. The number of nitro groups is 1. The summed E-state index contributed by atoms with van der Waals surface area (Å²) >= 11 is 0. The molecule has 9 nitrogen and oxygen atoms in total.